The van der Waals surface area contributed by atoms with Crippen molar-refractivity contribution in [3.8, 4) is 0 Å². The summed E-state index contributed by atoms with van der Waals surface area (Å²) in [4.78, 5) is 11.7. The van der Waals surface area contributed by atoms with Gasteiger partial charge in [0.1, 0.15) is 0 Å². The van der Waals surface area contributed by atoms with Crippen LogP contribution in [0.25, 0.3) is 0 Å². The monoisotopic (exact) mass is 257 g/mol. The quantitative estimate of drug-likeness (QED) is 0.624. The predicted molar refractivity (Wildman–Crippen MR) is 76.4 cm³/mol. The molecule has 0 bridgehead atoms. The Morgan fingerprint density at radius 2 is 1.78 bits per heavy atom. The molecule has 0 aromatic heterocycles. The minimum atomic E-state index is 0.175. The number of unbranched alkanes of at least 4 members (excludes halogenated alkanes) is 3. The number of hydrogen-bond donors (Lipinski definition) is 2. The van der Waals surface area contributed by atoms with Crippen molar-refractivity contribution in [2.75, 3.05) is 13.2 Å². The maximum atomic E-state index is 11.7. The van der Waals surface area contributed by atoms with Crippen molar-refractivity contribution in [2.24, 2.45) is 11.3 Å². The number of hydrogen-bond acceptors (Lipinski definition) is 2. The molecule has 0 radical (unpaired) electrons. The van der Waals surface area contributed by atoms with Gasteiger partial charge in [-0.3, -0.25) is 4.79 Å². The first-order chi connectivity index (χ1) is 8.35. The van der Waals surface area contributed by atoms with E-state index in [1.807, 2.05) is 0 Å². The van der Waals surface area contributed by atoms with Crippen LogP contribution in [0.5, 0.6) is 0 Å². The van der Waals surface area contributed by atoms with Crippen LogP contribution >= 0.6 is 0 Å². The zero-order valence-electron chi connectivity index (χ0n) is 12.6. The zero-order chi connectivity index (χ0) is 14.0. The highest BCUT2D eigenvalue weighted by Gasteiger charge is 2.17. The molecule has 0 aliphatic rings. The molecule has 1 amide bonds. The number of carbonyl (C=O) groups is 1. The van der Waals surface area contributed by atoms with Crippen LogP contribution in [0.2, 0.25) is 0 Å². The third-order valence-corrected chi connectivity index (χ3v) is 2.90. The molecule has 3 heteroatoms. The van der Waals surface area contributed by atoms with E-state index < -0.39 is 0 Å². The van der Waals surface area contributed by atoms with E-state index in [2.05, 4.69) is 33.0 Å². The summed E-state index contributed by atoms with van der Waals surface area (Å²) in [5.41, 5.74) is 0.296. The predicted octanol–water partition coefficient (Wildman–Crippen LogP) is 3.12. The molecule has 0 saturated carbocycles. The summed E-state index contributed by atoms with van der Waals surface area (Å²) in [5, 5.41) is 11.6. The normalized spacial score (nSPS) is 13.4. The Kier molecular flexibility index (Phi) is 9.08. The Morgan fingerprint density at radius 3 is 2.33 bits per heavy atom. The number of carbonyl (C=O) groups excluding carboxylic acids is 1. The second-order valence-corrected chi connectivity index (χ2v) is 6.56. The van der Waals surface area contributed by atoms with Gasteiger partial charge in [0, 0.05) is 19.6 Å². The third kappa shape index (κ3) is 11.9. The van der Waals surface area contributed by atoms with Crippen LogP contribution in [-0.4, -0.2) is 24.2 Å². The van der Waals surface area contributed by atoms with Gasteiger partial charge < -0.3 is 10.4 Å². The second kappa shape index (κ2) is 9.37. The average Bonchev–Trinajstić information content (AvgIpc) is 2.20. The standard InChI is InChI=1S/C15H31NO2/c1-13(12-15(2,3)4)11-14(18)16-9-7-5-6-8-10-17/h13,17H,5-12H2,1-4H3,(H,16,18). The molecule has 0 spiro atoms. The van der Waals surface area contributed by atoms with Crippen LogP contribution in [0, 0.1) is 11.3 Å². The summed E-state index contributed by atoms with van der Waals surface area (Å²) in [5.74, 6) is 0.619. The van der Waals surface area contributed by atoms with Crippen molar-refractivity contribution < 1.29 is 9.90 Å². The molecule has 0 aromatic rings. The lowest BCUT2D eigenvalue weighted by Gasteiger charge is -2.22. The van der Waals surface area contributed by atoms with Gasteiger partial charge in [0.2, 0.25) is 5.91 Å². The third-order valence-electron chi connectivity index (χ3n) is 2.90. The van der Waals surface area contributed by atoms with Crippen molar-refractivity contribution in [3.05, 3.63) is 0 Å². The van der Waals surface area contributed by atoms with E-state index >= 15 is 0 Å². The lowest BCUT2D eigenvalue weighted by molar-refractivity contribution is -0.122. The van der Waals surface area contributed by atoms with Crippen molar-refractivity contribution >= 4 is 5.91 Å². The van der Waals surface area contributed by atoms with E-state index in [0.29, 0.717) is 17.8 Å². The molecule has 3 nitrogen and oxygen atoms in total. The van der Waals surface area contributed by atoms with Crippen molar-refractivity contribution in [1.29, 1.82) is 0 Å². The van der Waals surface area contributed by atoms with Crippen molar-refractivity contribution in [1.82, 2.24) is 5.32 Å². The van der Waals surface area contributed by atoms with Gasteiger partial charge in [-0.25, -0.2) is 0 Å². The first kappa shape index (κ1) is 17.4. The van der Waals surface area contributed by atoms with Crippen molar-refractivity contribution in [2.45, 2.75) is 66.2 Å². The fourth-order valence-corrected chi connectivity index (χ4v) is 2.32. The fourth-order valence-electron chi connectivity index (χ4n) is 2.32. The molecule has 0 fully saturated rings. The first-order valence-corrected chi connectivity index (χ1v) is 7.22. The van der Waals surface area contributed by atoms with Crippen LogP contribution in [0.4, 0.5) is 0 Å². The summed E-state index contributed by atoms with van der Waals surface area (Å²) < 4.78 is 0. The molecule has 18 heavy (non-hydrogen) atoms. The van der Waals surface area contributed by atoms with Gasteiger partial charge in [0.15, 0.2) is 0 Å². The highest BCUT2D eigenvalue weighted by Crippen LogP contribution is 2.25. The highest BCUT2D eigenvalue weighted by atomic mass is 16.2. The van der Waals surface area contributed by atoms with Crippen LogP contribution in [0.1, 0.15) is 66.2 Å². The molecule has 0 aliphatic carbocycles. The Hall–Kier alpha value is -0.570. The van der Waals surface area contributed by atoms with Gasteiger partial charge in [-0.1, -0.05) is 40.5 Å². The van der Waals surface area contributed by atoms with E-state index in [0.717, 1.165) is 38.6 Å². The van der Waals surface area contributed by atoms with Crippen LogP contribution in [0.3, 0.4) is 0 Å². The Balaban J connectivity index is 3.53. The molecule has 1 unspecified atom stereocenters. The summed E-state index contributed by atoms with van der Waals surface area (Å²) in [6.07, 6.45) is 5.73. The summed E-state index contributed by atoms with van der Waals surface area (Å²) >= 11 is 0. The van der Waals surface area contributed by atoms with E-state index in [4.69, 9.17) is 5.11 Å². The maximum Gasteiger partial charge on any atom is 0.220 e. The molecule has 108 valence electrons. The SMILES string of the molecule is CC(CC(=O)NCCCCCCO)CC(C)(C)C. The minimum absolute atomic E-state index is 0.175. The number of nitrogens with one attached hydrogen (secondary N) is 1. The van der Waals surface area contributed by atoms with Gasteiger partial charge >= 0.3 is 0 Å². The van der Waals surface area contributed by atoms with Crippen LogP contribution in [-0.2, 0) is 4.79 Å². The smallest absolute Gasteiger partial charge is 0.220 e. The van der Waals surface area contributed by atoms with Gasteiger partial charge in [-0.05, 0) is 30.6 Å². The highest BCUT2D eigenvalue weighted by molar-refractivity contribution is 5.76. The molecule has 0 aliphatic heterocycles. The minimum Gasteiger partial charge on any atom is -0.396 e. The van der Waals surface area contributed by atoms with Gasteiger partial charge in [-0.2, -0.15) is 0 Å². The summed E-state index contributed by atoms with van der Waals surface area (Å²) in [6.45, 7) is 9.82. The largest absolute Gasteiger partial charge is 0.396 e. The lowest BCUT2D eigenvalue weighted by atomic mass is 9.84. The average molecular weight is 257 g/mol. The van der Waals surface area contributed by atoms with Gasteiger partial charge in [0.25, 0.3) is 0 Å². The fraction of sp³-hybridized carbons (Fsp3) is 0.933. The Labute approximate surface area is 112 Å². The molecule has 0 heterocycles. The van der Waals surface area contributed by atoms with E-state index in [1.165, 1.54) is 0 Å². The van der Waals surface area contributed by atoms with Crippen molar-refractivity contribution in [3.63, 3.8) is 0 Å². The second-order valence-electron chi connectivity index (χ2n) is 6.56. The summed E-state index contributed by atoms with van der Waals surface area (Å²) in [7, 11) is 0. The molecule has 2 N–H and O–H groups in total. The topological polar surface area (TPSA) is 49.3 Å². The Bertz CT molecular complexity index is 221. The van der Waals surface area contributed by atoms with Gasteiger partial charge in [-0.15, -0.1) is 0 Å². The molecular formula is C15H31NO2. The number of aliphatic hydroxyl groups is 1. The first-order valence-electron chi connectivity index (χ1n) is 7.22. The lowest BCUT2D eigenvalue weighted by Crippen LogP contribution is -2.27. The zero-order valence-corrected chi connectivity index (χ0v) is 12.6. The molecule has 1 atom stereocenters. The molecule has 0 saturated heterocycles. The van der Waals surface area contributed by atoms with Crippen LogP contribution < -0.4 is 5.32 Å². The van der Waals surface area contributed by atoms with E-state index in [1.54, 1.807) is 0 Å². The van der Waals surface area contributed by atoms with E-state index in [-0.39, 0.29) is 12.5 Å². The van der Waals surface area contributed by atoms with Gasteiger partial charge in [0.05, 0.1) is 0 Å². The molecule has 0 rings (SSSR count). The number of rotatable bonds is 9. The Morgan fingerprint density at radius 1 is 1.17 bits per heavy atom. The number of aliphatic hydroxyl groups excluding tert-OH is 1. The number of amides is 1. The molecular weight excluding hydrogens is 226 g/mol. The summed E-state index contributed by atoms with van der Waals surface area (Å²) in [6, 6.07) is 0. The van der Waals surface area contributed by atoms with Crippen LogP contribution in [0.15, 0.2) is 0 Å². The molecule has 0 aromatic carbocycles. The van der Waals surface area contributed by atoms with E-state index in [9.17, 15) is 4.79 Å². The maximum absolute atomic E-state index is 11.7.